The van der Waals surface area contributed by atoms with E-state index in [9.17, 15) is 60.7 Å². The van der Waals surface area contributed by atoms with Crippen LogP contribution in [-0.4, -0.2) is 49.7 Å². The van der Waals surface area contributed by atoms with E-state index in [0.29, 0.717) is 0 Å². The van der Waals surface area contributed by atoms with Crippen molar-refractivity contribution in [1.82, 2.24) is 20.2 Å². The van der Waals surface area contributed by atoms with Gasteiger partial charge in [0.05, 0.1) is 4.80 Å². The molecule has 0 saturated carbocycles. The smallest absolute Gasteiger partial charge is 0.252 e. The standard InChI is InChI=1S/C3N10O12/c14-8(15)2(9(16)17,10(18)19)1-4-6-7(5-1)3(11(20)21,12(22)23)13(24)25. The first kappa shape index (κ1) is 18.5. The van der Waals surface area contributed by atoms with Crippen molar-refractivity contribution in [2.24, 2.45) is 0 Å². The molecule has 25 heavy (non-hydrogen) atoms. The second kappa shape index (κ2) is 5.59. The zero-order valence-corrected chi connectivity index (χ0v) is 10.9. The van der Waals surface area contributed by atoms with E-state index in [2.05, 4.69) is 15.4 Å². The van der Waals surface area contributed by atoms with Gasteiger partial charge in [-0.25, -0.2) is 0 Å². The predicted molar refractivity (Wildman–Crippen MR) is 59.4 cm³/mol. The molecule has 0 amide bonds. The van der Waals surface area contributed by atoms with Gasteiger partial charge in [-0.2, -0.15) is 0 Å². The Bertz CT molecular complexity index is 671. The molecular weight excluding hydrogens is 368 g/mol. The van der Waals surface area contributed by atoms with E-state index in [4.69, 9.17) is 0 Å². The molecule has 0 aliphatic carbocycles. The summed E-state index contributed by atoms with van der Waals surface area (Å²) >= 11 is 0. The summed E-state index contributed by atoms with van der Waals surface area (Å²) in [4.78, 5) is 50.6. The summed E-state index contributed by atoms with van der Waals surface area (Å²) in [6, 6.07) is 0. The summed E-state index contributed by atoms with van der Waals surface area (Å²) in [6.45, 7) is 0. The number of rotatable bonds is 8. The van der Waals surface area contributed by atoms with Crippen LogP contribution < -0.4 is 0 Å². The Balaban J connectivity index is 3.82. The number of hydrogen-bond acceptors (Lipinski definition) is 15. The number of nitro groups is 6. The Morgan fingerprint density at radius 2 is 1.04 bits per heavy atom. The molecule has 0 aliphatic rings. The average molecular weight is 368 g/mol. The van der Waals surface area contributed by atoms with Gasteiger partial charge in [0.25, 0.3) is 0 Å². The molecule has 0 unspecified atom stereocenters. The molecule has 0 bridgehead atoms. The molecule has 22 heteroatoms. The molecule has 22 nitrogen and oxygen atoms in total. The average Bonchev–Trinajstić information content (AvgIpc) is 2.87. The third-order valence-electron chi connectivity index (χ3n) is 2.48. The topological polar surface area (TPSA) is 302 Å². The fourth-order valence-electron chi connectivity index (χ4n) is 1.34. The van der Waals surface area contributed by atoms with Gasteiger partial charge >= 0.3 is 17.5 Å². The lowest BCUT2D eigenvalue weighted by atomic mass is 10.3. The highest BCUT2D eigenvalue weighted by Gasteiger charge is 2.81. The van der Waals surface area contributed by atoms with Crippen LogP contribution in [-0.2, 0) is 11.7 Å². The minimum absolute atomic E-state index is 1.05. The van der Waals surface area contributed by atoms with Crippen molar-refractivity contribution in [3.63, 3.8) is 0 Å². The molecule has 1 rings (SSSR count). The van der Waals surface area contributed by atoms with Crippen molar-refractivity contribution in [3.05, 3.63) is 66.5 Å². The minimum Gasteiger partial charge on any atom is -0.252 e. The SMILES string of the molecule is O=[N+]([O-])C(c1nnn(C([N+](=O)[O-])([N+](=O)[O-])[N+](=O)[O-])n1)([N+](=O)[O-])[N+](=O)[O-]. The largest absolute Gasteiger partial charge is 0.837 e. The van der Waals surface area contributed by atoms with Crippen molar-refractivity contribution in [2.45, 2.75) is 11.7 Å². The number of hydrogen-bond donors (Lipinski definition) is 0. The summed E-state index contributed by atoms with van der Waals surface area (Å²) in [5.41, 5.74) is 0. The Morgan fingerprint density at radius 3 is 1.32 bits per heavy atom. The lowest BCUT2D eigenvalue weighted by Gasteiger charge is -2.05. The first-order chi connectivity index (χ1) is 11.4. The fourth-order valence-corrected chi connectivity index (χ4v) is 1.34. The summed E-state index contributed by atoms with van der Waals surface area (Å²) in [5, 5.41) is 71.8. The molecular formula is C3N10O12. The summed E-state index contributed by atoms with van der Waals surface area (Å²) in [5.74, 6) is -11.3. The highest BCUT2D eigenvalue weighted by atomic mass is 16.8. The lowest BCUT2D eigenvalue weighted by Crippen LogP contribution is -2.56. The van der Waals surface area contributed by atoms with Gasteiger partial charge in [0, 0.05) is 0 Å². The van der Waals surface area contributed by atoms with Crippen molar-refractivity contribution >= 4 is 0 Å². The molecule has 0 radical (unpaired) electrons. The van der Waals surface area contributed by atoms with Crippen LogP contribution in [0.1, 0.15) is 5.82 Å². The normalized spacial score (nSPS) is 11.5. The predicted octanol–water partition coefficient (Wildman–Crippen LogP) is -2.99. The second-order valence-corrected chi connectivity index (χ2v) is 3.68. The molecule has 134 valence electrons. The molecule has 0 spiro atoms. The molecule has 1 aromatic heterocycles. The first-order valence-electron chi connectivity index (χ1n) is 5.05. The number of aromatic nitrogens is 4. The molecule has 0 saturated heterocycles. The van der Waals surface area contributed by atoms with Gasteiger partial charge in [-0.15, -0.1) is 0 Å². The molecule has 1 aromatic rings. The van der Waals surface area contributed by atoms with E-state index in [1.165, 1.54) is 0 Å². The van der Waals surface area contributed by atoms with Crippen molar-refractivity contribution in [2.75, 3.05) is 0 Å². The van der Waals surface area contributed by atoms with Crippen LogP contribution in [0.25, 0.3) is 0 Å². The van der Waals surface area contributed by atoms with Crippen LogP contribution in [0.5, 0.6) is 0 Å². The zero-order chi connectivity index (χ0) is 19.7. The van der Waals surface area contributed by atoms with Gasteiger partial charge in [-0.1, -0.05) is 10.2 Å². The van der Waals surface area contributed by atoms with Crippen LogP contribution in [0, 0.1) is 60.7 Å². The maximum absolute atomic E-state index is 10.8. The zero-order valence-electron chi connectivity index (χ0n) is 10.9. The van der Waals surface area contributed by atoms with Gasteiger partial charge in [0.15, 0.2) is 14.8 Å². The number of tetrazole rings is 1. The first-order valence-corrected chi connectivity index (χ1v) is 5.05. The fraction of sp³-hybridized carbons (Fsp3) is 0.667. The van der Waals surface area contributed by atoms with Crippen LogP contribution in [0.4, 0.5) is 0 Å². The van der Waals surface area contributed by atoms with E-state index < -0.39 is 51.9 Å². The second-order valence-electron chi connectivity index (χ2n) is 3.68. The van der Waals surface area contributed by atoms with Gasteiger partial charge < -0.3 is 0 Å². The highest BCUT2D eigenvalue weighted by Crippen LogP contribution is 2.25. The maximum Gasteiger partial charge on any atom is 0.837 e. The van der Waals surface area contributed by atoms with E-state index in [1.807, 2.05) is 0 Å². The van der Waals surface area contributed by atoms with Crippen molar-refractivity contribution < 1.29 is 29.5 Å². The van der Waals surface area contributed by atoms with E-state index in [1.54, 1.807) is 0 Å². The molecule has 0 atom stereocenters. The van der Waals surface area contributed by atoms with Crippen molar-refractivity contribution in [1.29, 1.82) is 0 Å². The highest BCUT2D eigenvalue weighted by molar-refractivity contribution is 4.84. The third kappa shape index (κ3) is 2.16. The van der Waals surface area contributed by atoms with E-state index >= 15 is 0 Å². The molecule has 0 fully saturated rings. The molecule has 1 heterocycles. The third-order valence-corrected chi connectivity index (χ3v) is 2.48. The Kier molecular flexibility index (Phi) is 4.14. The molecule has 0 aliphatic heterocycles. The summed E-state index contributed by atoms with van der Waals surface area (Å²) in [6.07, 6.45) is 0. The summed E-state index contributed by atoms with van der Waals surface area (Å²) < 4.78 is 0. The van der Waals surface area contributed by atoms with Crippen LogP contribution >= 0.6 is 0 Å². The van der Waals surface area contributed by atoms with Gasteiger partial charge in [-0.05, 0) is 5.21 Å². The van der Waals surface area contributed by atoms with Crippen LogP contribution in [0.3, 0.4) is 0 Å². The Morgan fingerprint density at radius 1 is 0.680 bits per heavy atom. The van der Waals surface area contributed by atoms with Gasteiger partial charge in [0.1, 0.15) is 0 Å². The monoisotopic (exact) mass is 368 g/mol. The van der Waals surface area contributed by atoms with E-state index in [0.717, 1.165) is 0 Å². The molecule has 0 N–H and O–H groups in total. The van der Waals surface area contributed by atoms with Crippen molar-refractivity contribution in [3.8, 4) is 0 Å². The van der Waals surface area contributed by atoms with Crippen LogP contribution in [0.15, 0.2) is 0 Å². The van der Waals surface area contributed by atoms with Gasteiger partial charge in [-0.3, -0.25) is 60.7 Å². The van der Waals surface area contributed by atoms with Gasteiger partial charge in [0.2, 0.25) is 14.8 Å². The lowest BCUT2D eigenvalue weighted by molar-refractivity contribution is -1.01. The Labute approximate surface area is 129 Å². The van der Waals surface area contributed by atoms with E-state index in [-0.39, 0.29) is 0 Å². The number of nitrogens with zero attached hydrogens (tertiary/aromatic N) is 10. The quantitative estimate of drug-likeness (QED) is 0.251. The van der Waals surface area contributed by atoms with Crippen LogP contribution in [0.2, 0.25) is 0 Å². The minimum atomic E-state index is -4.62. The Hall–Kier alpha value is -4.53. The molecule has 0 aromatic carbocycles. The maximum atomic E-state index is 10.8. The summed E-state index contributed by atoms with van der Waals surface area (Å²) in [7, 11) is 0.